The topological polar surface area (TPSA) is 78.3 Å². The first-order valence-electron chi connectivity index (χ1n) is 10.6. The smallest absolute Gasteiger partial charge is 0.264 e. The molecule has 1 aliphatic rings. The van der Waals surface area contributed by atoms with Crippen LogP contribution in [0.4, 0.5) is 14.5 Å². The van der Waals surface area contributed by atoms with Gasteiger partial charge in [0.25, 0.3) is 6.43 Å². The van der Waals surface area contributed by atoms with Crippen molar-refractivity contribution in [3.8, 4) is 0 Å². The highest BCUT2D eigenvalue weighted by atomic mass is 19.3. The third-order valence-corrected chi connectivity index (χ3v) is 6.38. The van der Waals surface area contributed by atoms with Gasteiger partial charge >= 0.3 is 0 Å². The van der Waals surface area contributed by atoms with Crippen molar-refractivity contribution >= 4 is 16.6 Å². The van der Waals surface area contributed by atoms with Gasteiger partial charge in [-0.15, -0.1) is 0 Å². The lowest BCUT2D eigenvalue weighted by molar-refractivity contribution is -0.0390. The Bertz CT molecular complexity index is 1080. The maximum absolute atomic E-state index is 13.3. The first-order chi connectivity index (χ1) is 14.8. The standard InChI is InChI=1S/C24H27F2N3O2/c1-14-17(4-3-5-18(14)23(25)26)15(2)29-20-8-11-27-21-13-28-22(12-19(20)21)24(31)9-6-16(30)7-10-24/h3-5,8,11-13,15-16,23,30-31H,6-7,9-10H2,1-2H3,(H,27,29)/t15-,16?,24?/m1/s1. The van der Waals surface area contributed by atoms with E-state index in [1.807, 2.05) is 25.1 Å². The van der Waals surface area contributed by atoms with Crippen LogP contribution < -0.4 is 5.32 Å². The normalized spacial score (nSPS) is 22.6. The molecule has 31 heavy (non-hydrogen) atoms. The van der Waals surface area contributed by atoms with Crippen LogP contribution in [0.3, 0.4) is 0 Å². The zero-order valence-corrected chi connectivity index (χ0v) is 17.6. The predicted molar refractivity (Wildman–Crippen MR) is 116 cm³/mol. The summed E-state index contributed by atoms with van der Waals surface area (Å²) in [6.07, 6.45) is 2.39. The summed E-state index contributed by atoms with van der Waals surface area (Å²) >= 11 is 0. The van der Waals surface area contributed by atoms with Crippen LogP contribution in [0, 0.1) is 6.92 Å². The molecule has 0 aliphatic heterocycles. The Hall–Kier alpha value is -2.64. The number of nitrogens with one attached hydrogen (secondary N) is 1. The number of benzene rings is 1. The summed E-state index contributed by atoms with van der Waals surface area (Å²) in [5.74, 6) is 0. The molecule has 1 aromatic carbocycles. The largest absolute Gasteiger partial charge is 0.393 e. The van der Waals surface area contributed by atoms with Gasteiger partial charge in [-0.1, -0.05) is 18.2 Å². The van der Waals surface area contributed by atoms with Crippen molar-refractivity contribution in [3.63, 3.8) is 0 Å². The lowest BCUT2D eigenvalue weighted by atomic mass is 9.80. The fraction of sp³-hybridized carbons (Fsp3) is 0.417. The molecule has 0 saturated heterocycles. The second-order valence-corrected chi connectivity index (χ2v) is 8.44. The highest BCUT2D eigenvalue weighted by Crippen LogP contribution is 2.38. The van der Waals surface area contributed by atoms with Gasteiger partial charge in [-0.2, -0.15) is 0 Å². The molecule has 0 radical (unpaired) electrons. The van der Waals surface area contributed by atoms with Crippen molar-refractivity contribution in [1.82, 2.24) is 9.97 Å². The van der Waals surface area contributed by atoms with E-state index in [-0.39, 0.29) is 17.7 Å². The summed E-state index contributed by atoms with van der Waals surface area (Å²) in [6, 6.07) is 8.43. The van der Waals surface area contributed by atoms with Gasteiger partial charge in [0.15, 0.2) is 0 Å². The monoisotopic (exact) mass is 427 g/mol. The number of aliphatic hydroxyl groups excluding tert-OH is 1. The number of alkyl halides is 2. The molecule has 164 valence electrons. The number of aromatic nitrogens is 2. The van der Waals surface area contributed by atoms with E-state index >= 15 is 0 Å². The Labute approximate surface area is 180 Å². The molecule has 0 spiro atoms. The van der Waals surface area contributed by atoms with Crippen LogP contribution in [-0.4, -0.2) is 26.3 Å². The molecule has 3 aromatic rings. The molecule has 4 rings (SSSR count). The summed E-state index contributed by atoms with van der Waals surface area (Å²) in [5.41, 5.74) is 2.38. The first-order valence-corrected chi connectivity index (χ1v) is 10.6. The van der Waals surface area contributed by atoms with Crippen LogP contribution in [-0.2, 0) is 5.60 Å². The van der Waals surface area contributed by atoms with Crippen molar-refractivity contribution < 1.29 is 19.0 Å². The van der Waals surface area contributed by atoms with E-state index < -0.39 is 12.0 Å². The predicted octanol–water partition coefficient (Wildman–Crippen LogP) is 5.17. The average molecular weight is 427 g/mol. The van der Waals surface area contributed by atoms with Crippen molar-refractivity contribution in [2.75, 3.05) is 5.32 Å². The Balaban J connectivity index is 1.68. The van der Waals surface area contributed by atoms with Gasteiger partial charge in [0.2, 0.25) is 0 Å². The molecule has 0 bridgehead atoms. The molecule has 0 amide bonds. The first kappa shape index (κ1) is 21.6. The fourth-order valence-electron chi connectivity index (χ4n) is 4.45. The Morgan fingerprint density at radius 3 is 2.55 bits per heavy atom. The van der Waals surface area contributed by atoms with E-state index in [1.165, 1.54) is 6.07 Å². The van der Waals surface area contributed by atoms with Crippen LogP contribution in [0.25, 0.3) is 10.9 Å². The average Bonchev–Trinajstić information content (AvgIpc) is 2.75. The Kier molecular flexibility index (Phi) is 5.90. The number of nitrogens with zero attached hydrogens (tertiary/aromatic N) is 2. The van der Waals surface area contributed by atoms with Crippen LogP contribution in [0.1, 0.15) is 67.5 Å². The van der Waals surface area contributed by atoms with E-state index in [9.17, 15) is 19.0 Å². The van der Waals surface area contributed by atoms with Crippen molar-refractivity contribution in [2.24, 2.45) is 0 Å². The van der Waals surface area contributed by atoms with Gasteiger partial charge < -0.3 is 15.5 Å². The SMILES string of the molecule is Cc1c(C(F)F)cccc1[C@@H](C)Nc1ccnc2cnc(C3(O)CCC(O)CC3)cc12. The zero-order valence-electron chi connectivity index (χ0n) is 17.6. The molecule has 2 heterocycles. The highest BCUT2D eigenvalue weighted by molar-refractivity contribution is 5.91. The van der Waals surface area contributed by atoms with Gasteiger partial charge in [0.1, 0.15) is 5.60 Å². The number of rotatable bonds is 5. The van der Waals surface area contributed by atoms with Crippen LogP contribution in [0.2, 0.25) is 0 Å². The molecular formula is C24H27F2N3O2. The molecule has 5 nitrogen and oxygen atoms in total. The van der Waals surface area contributed by atoms with Crippen LogP contribution in [0.15, 0.2) is 42.7 Å². The maximum atomic E-state index is 13.3. The van der Waals surface area contributed by atoms with Crippen LogP contribution in [0.5, 0.6) is 0 Å². The third-order valence-electron chi connectivity index (χ3n) is 6.38. The number of pyridine rings is 2. The van der Waals surface area contributed by atoms with Gasteiger partial charge in [0, 0.05) is 28.9 Å². The summed E-state index contributed by atoms with van der Waals surface area (Å²) in [7, 11) is 0. The minimum absolute atomic E-state index is 0.0407. The summed E-state index contributed by atoms with van der Waals surface area (Å²) in [4.78, 5) is 8.82. The van der Waals surface area contributed by atoms with Crippen molar-refractivity contribution in [1.29, 1.82) is 0 Å². The van der Waals surface area contributed by atoms with Crippen LogP contribution >= 0.6 is 0 Å². The quantitative estimate of drug-likeness (QED) is 0.524. The number of fused-ring (bicyclic) bond motifs is 1. The molecule has 0 unspecified atom stereocenters. The van der Waals surface area contributed by atoms with E-state index in [0.29, 0.717) is 42.5 Å². The second kappa shape index (κ2) is 8.48. The Morgan fingerprint density at radius 2 is 1.84 bits per heavy atom. The lowest BCUT2D eigenvalue weighted by Gasteiger charge is -2.34. The van der Waals surface area contributed by atoms with Gasteiger partial charge in [0.05, 0.1) is 23.5 Å². The van der Waals surface area contributed by atoms with E-state index in [4.69, 9.17) is 0 Å². The summed E-state index contributed by atoms with van der Waals surface area (Å²) in [6.45, 7) is 3.65. The minimum atomic E-state index is -2.52. The molecule has 2 aromatic heterocycles. The second-order valence-electron chi connectivity index (χ2n) is 8.44. The van der Waals surface area contributed by atoms with Gasteiger partial charge in [-0.3, -0.25) is 9.97 Å². The molecule has 7 heteroatoms. The summed E-state index contributed by atoms with van der Waals surface area (Å²) in [5, 5.41) is 25.1. The van der Waals surface area contributed by atoms with E-state index in [2.05, 4.69) is 15.3 Å². The number of anilines is 1. The summed E-state index contributed by atoms with van der Waals surface area (Å²) < 4.78 is 26.6. The molecule has 1 aliphatic carbocycles. The molecule has 1 fully saturated rings. The van der Waals surface area contributed by atoms with E-state index in [1.54, 1.807) is 25.4 Å². The van der Waals surface area contributed by atoms with Gasteiger partial charge in [-0.05, 0) is 62.8 Å². The number of hydrogen-bond donors (Lipinski definition) is 3. The molecule has 1 saturated carbocycles. The minimum Gasteiger partial charge on any atom is -0.393 e. The zero-order chi connectivity index (χ0) is 22.2. The van der Waals surface area contributed by atoms with Crippen molar-refractivity contribution in [3.05, 3.63) is 65.1 Å². The molecule has 1 atom stereocenters. The number of hydrogen-bond acceptors (Lipinski definition) is 5. The highest BCUT2D eigenvalue weighted by Gasteiger charge is 2.35. The molecule has 3 N–H and O–H groups in total. The lowest BCUT2D eigenvalue weighted by Crippen LogP contribution is -2.34. The van der Waals surface area contributed by atoms with E-state index in [0.717, 1.165) is 16.6 Å². The third kappa shape index (κ3) is 4.25. The maximum Gasteiger partial charge on any atom is 0.264 e. The molecular weight excluding hydrogens is 400 g/mol. The number of aliphatic hydroxyl groups is 2. The number of halogens is 2. The fourth-order valence-corrected chi connectivity index (χ4v) is 4.45. The van der Waals surface area contributed by atoms with Gasteiger partial charge in [-0.25, -0.2) is 8.78 Å². The van der Waals surface area contributed by atoms with Crippen molar-refractivity contribution in [2.45, 2.75) is 63.7 Å². The Morgan fingerprint density at radius 1 is 1.13 bits per heavy atom.